The summed E-state index contributed by atoms with van der Waals surface area (Å²) in [5, 5.41) is 16.3. The third kappa shape index (κ3) is 3.26. The number of hydrogen-bond donors (Lipinski definition) is 2. The van der Waals surface area contributed by atoms with E-state index >= 15 is 0 Å². The van der Waals surface area contributed by atoms with Gasteiger partial charge in [0.2, 0.25) is 0 Å². The third-order valence-corrected chi connectivity index (χ3v) is 3.50. The lowest BCUT2D eigenvalue weighted by molar-refractivity contribution is 0.208. The van der Waals surface area contributed by atoms with Gasteiger partial charge in [0, 0.05) is 38.7 Å². The van der Waals surface area contributed by atoms with E-state index in [1.165, 1.54) is 0 Å². The standard InChI is InChI=1S/C13H22N4O2/c1-3-4-11-7-12(16(2)15-11)14-13(19)17-6-5-10(8-17)9-18/h7,10,18H,3-6,8-9H2,1-2H3,(H,14,19). The molecule has 6 nitrogen and oxygen atoms in total. The Labute approximate surface area is 113 Å². The van der Waals surface area contributed by atoms with Crippen LogP contribution in [-0.2, 0) is 13.5 Å². The molecule has 0 saturated carbocycles. The van der Waals surface area contributed by atoms with Gasteiger partial charge in [-0.3, -0.25) is 10.00 Å². The van der Waals surface area contributed by atoms with Crippen LogP contribution in [0.3, 0.4) is 0 Å². The molecule has 1 aromatic rings. The van der Waals surface area contributed by atoms with Crippen molar-refractivity contribution in [3.8, 4) is 0 Å². The SMILES string of the molecule is CCCc1cc(NC(=O)N2CCC(CO)C2)n(C)n1. The molecule has 2 N–H and O–H groups in total. The highest BCUT2D eigenvalue weighted by atomic mass is 16.3. The first-order valence-electron chi connectivity index (χ1n) is 6.83. The first kappa shape index (κ1) is 13.9. The molecule has 0 aliphatic carbocycles. The Bertz CT molecular complexity index is 444. The predicted octanol–water partition coefficient (Wildman–Crippen LogP) is 1.22. The van der Waals surface area contributed by atoms with Crippen molar-refractivity contribution in [2.75, 3.05) is 25.0 Å². The van der Waals surface area contributed by atoms with Crippen molar-refractivity contribution >= 4 is 11.8 Å². The molecule has 0 bridgehead atoms. The second kappa shape index (κ2) is 6.06. The van der Waals surface area contributed by atoms with Crippen LogP contribution >= 0.6 is 0 Å². The van der Waals surface area contributed by atoms with Crippen LogP contribution in [0.4, 0.5) is 10.6 Å². The first-order chi connectivity index (χ1) is 9.13. The number of likely N-dealkylation sites (tertiary alicyclic amines) is 1. The van der Waals surface area contributed by atoms with Gasteiger partial charge in [0.05, 0.1) is 5.69 Å². The van der Waals surface area contributed by atoms with Crippen molar-refractivity contribution < 1.29 is 9.90 Å². The minimum atomic E-state index is -0.109. The largest absolute Gasteiger partial charge is 0.396 e. The molecular weight excluding hydrogens is 244 g/mol. The zero-order valence-electron chi connectivity index (χ0n) is 11.6. The molecule has 0 aromatic carbocycles. The number of rotatable bonds is 4. The third-order valence-electron chi connectivity index (χ3n) is 3.50. The Hall–Kier alpha value is -1.56. The number of nitrogens with zero attached hydrogens (tertiary/aromatic N) is 3. The Morgan fingerprint density at radius 1 is 1.63 bits per heavy atom. The summed E-state index contributed by atoms with van der Waals surface area (Å²) in [7, 11) is 1.83. The number of aliphatic hydroxyl groups excluding tert-OH is 1. The van der Waals surface area contributed by atoms with Crippen LogP contribution in [0, 0.1) is 5.92 Å². The smallest absolute Gasteiger partial charge is 0.323 e. The second-order valence-electron chi connectivity index (χ2n) is 5.11. The number of anilines is 1. The molecule has 106 valence electrons. The summed E-state index contributed by atoms with van der Waals surface area (Å²) in [6.07, 6.45) is 2.82. The van der Waals surface area contributed by atoms with Crippen molar-refractivity contribution in [1.29, 1.82) is 0 Å². The summed E-state index contributed by atoms with van der Waals surface area (Å²) >= 11 is 0. The molecule has 2 amide bonds. The average molecular weight is 266 g/mol. The first-order valence-corrected chi connectivity index (χ1v) is 6.83. The molecule has 0 spiro atoms. The van der Waals surface area contributed by atoms with Gasteiger partial charge in [-0.15, -0.1) is 0 Å². The maximum atomic E-state index is 12.1. The molecule has 1 aromatic heterocycles. The molecule has 1 aliphatic rings. The summed E-state index contributed by atoms with van der Waals surface area (Å²) in [5.74, 6) is 0.939. The van der Waals surface area contributed by atoms with E-state index < -0.39 is 0 Å². The fourth-order valence-electron chi connectivity index (χ4n) is 2.38. The second-order valence-corrected chi connectivity index (χ2v) is 5.11. The van der Waals surface area contributed by atoms with Gasteiger partial charge in [0.15, 0.2) is 0 Å². The van der Waals surface area contributed by atoms with Gasteiger partial charge in [-0.05, 0) is 12.8 Å². The Balaban J connectivity index is 1.95. The number of urea groups is 1. The van der Waals surface area contributed by atoms with Crippen LogP contribution in [0.2, 0.25) is 0 Å². The van der Waals surface area contributed by atoms with E-state index in [9.17, 15) is 4.79 Å². The summed E-state index contributed by atoms with van der Waals surface area (Å²) < 4.78 is 1.70. The lowest BCUT2D eigenvalue weighted by Gasteiger charge is -2.16. The number of amides is 2. The number of carbonyl (C=O) groups excluding carboxylic acids is 1. The topological polar surface area (TPSA) is 70.4 Å². The highest BCUT2D eigenvalue weighted by Crippen LogP contribution is 2.17. The predicted molar refractivity (Wildman–Crippen MR) is 73.0 cm³/mol. The van der Waals surface area contributed by atoms with Gasteiger partial charge in [-0.25, -0.2) is 4.79 Å². The van der Waals surface area contributed by atoms with Crippen LogP contribution < -0.4 is 5.32 Å². The van der Waals surface area contributed by atoms with Crippen LogP contribution in [0.5, 0.6) is 0 Å². The van der Waals surface area contributed by atoms with Crippen molar-refractivity contribution in [2.45, 2.75) is 26.2 Å². The van der Waals surface area contributed by atoms with Gasteiger partial charge in [-0.2, -0.15) is 5.10 Å². The normalized spacial score (nSPS) is 18.9. The van der Waals surface area contributed by atoms with E-state index in [1.54, 1.807) is 9.58 Å². The maximum absolute atomic E-state index is 12.1. The Kier molecular flexibility index (Phi) is 4.42. The molecule has 0 radical (unpaired) electrons. The van der Waals surface area contributed by atoms with E-state index in [1.807, 2.05) is 13.1 Å². The van der Waals surface area contributed by atoms with Gasteiger partial charge in [0.25, 0.3) is 0 Å². The van der Waals surface area contributed by atoms with E-state index in [4.69, 9.17) is 5.11 Å². The lowest BCUT2D eigenvalue weighted by atomic mass is 10.1. The van der Waals surface area contributed by atoms with E-state index in [0.717, 1.165) is 30.8 Å². The quantitative estimate of drug-likeness (QED) is 0.860. The number of carbonyl (C=O) groups is 1. The Morgan fingerprint density at radius 2 is 2.42 bits per heavy atom. The summed E-state index contributed by atoms with van der Waals surface area (Å²) in [4.78, 5) is 13.8. The van der Waals surface area contributed by atoms with Crippen molar-refractivity contribution in [3.05, 3.63) is 11.8 Å². The van der Waals surface area contributed by atoms with Crippen molar-refractivity contribution in [3.63, 3.8) is 0 Å². The average Bonchev–Trinajstić information content (AvgIpc) is 2.97. The van der Waals surface area contributed by atoms with Crippen molar-refractivity contribution in [2.24, 2.45) is 13.0 Å². The minimum absolute atomic E-state index is 0.109. The highest BCUT2D eigenvalue weighted by molar-refractivity contribution is 5.88. The zero-order valence-corrected chi connectivity index (χ0v) is 11.6. The Morgan fingerprint density at radius 3 is 3.05 bits per heavy atom. The summed E-state index contributed by atoms with van der Waals surface area (Å²) in [6, 6.07) is 1.81. The minimum Gasteiger partial charge on any atom is -0.396 e. The highest BCUT2D eigenvalue weighted by Gasteiger charge is 2.26. The fraction of sp³-hybridized carbons (Fsp3) is 0.692. The number of aromatic nitrogens is 2. The van der Waals surface area contributed by atoms with Gasteiger partial charge >= 0.3 is 6.03 Å². The van der Waals surface area contributed by atoms with Crippen LogP contribution in [0.1, 0.15) is 25.5 Å². The monoisotopic (exact) mass is 266 g/mol. The summed E-state index contributed by atoms with van der Waals surface area (Å²) in [5.41, 5.74) is 0.995. The number of nitrogens with one attached hydrogen (secondary N) is 1. The molecule has 2 heterocycles. The molecule has 1 atom stereocenters. The number of aliphatic hydroxyl groups is 1. The molecule has 6 heteroatoms. The number of hydrogen-bond acceptors (Lipinski definition) is 3. The molecule has 1 fully saturated rings. The lowest BCUT2D eigenvalue weighted by Crippen LogP contribution is -2.33. The van der Waals surface area contributed by atoms with Crippen LogP contribution in [0.15, 0.2) is 6.07 Å². The van der Waals surface area contributed by atoms with E-state index in [0.29, 0.717) is 13.1 Å². The van der Waals surface area contributed by atoms with Crippen molar-refractivity contribution in [1.82, 2.24) is 14.7 Å². The van der Waals surface area contributed by atoms with Gasteiger partial charge in [0.1, 0.15) is 5.82 Å². The molecular formula is C13H22N4O2. The maximum Gasteiger partial charge on any atom is 0.323 e. The van der Waals surface area contributed by atoms with E-state index in [-0.39, 0.29) is 18.6 Å². The zero-order chi connectivity index (χ0) is 13.8. The number of aryl methyl sites for hydroxylation is 2. The summed E-state index contributed by atoms with van der Waals surface area (Å²) in [6.45, 7) is 3.58. The van der Waals surface area contributed by atoms with Crippen LogP contribution in [-0.4, -0.2) is 45.5 Å². The fourth-order valence-corrected chi connectivity index (χ4v) is 2.38. The molecule has 1 saturated heterocycles. The van der Waals surface area contributed by atoms with Crippen LogP contribution in [0.25, 0.3) is 0 Å². The van der Waals surface area contributed by atoms with Gasteiger partial charge < -0.3 is 10.0 Å². The molecule has 1 aliphatic heterocycles. The van der Waals surface area contributed by atoms with E-state index in [2.05, 4.69) is 17.3 Å². The molecule has 1 unspecified atom stereocenters. The van der Waals surface area contributed by atoms with Gasteiger partial charge in [-0.1, -0.05) is 13.3 Å². The molecule has 19 heavy (non-hydrogen) atoms. The molecule has 2 rings (SSSR count).